The summed E-state index contributed by atoms with van der Waals surface area (Å²) in [6.45, 7) is 11.5. The van der Waals surface area contributed by atoms with E-state index in [0.717, 1.165) is 24.3 Å². The molecule has 0 saturated carbocycles. The lowest BCUT2D eigenvalue weighted by atomic mass is 9.89. The molecule has 1 aliphatic rings. The van der Waals surface area contributed by atoms with Crippen molar-refractivity contribution in [3.63, 3.8) is 0 Å². The molecular weight excluding hydrogens is 490 g/mol. The molecule has 0 spiro atoms. The zero-order valence-corrected chi connectivity index (χ0v) is 21.1. The number of hydrogen-bond acceptors (Lipinski definition) is 3. The molecule has 0 radical (unpaired) electrons. The maximum atomic E-state index is 6.83. The van der Waals surface area contributed by atoms with E-state index >= 15 is 0 Å². The molecule has 0 aliphatic carbocycles. The molecule has 2 aromatic rings. The second-order valence-electron chi connectivity index (χ2n) is 8.94. The molecule has 29 heavy (non-hydrogen) atoms. The van der Waals surface area contributed by atoms with E-state index in [-0.39, 0.29) is 18.3 Å². The van der Waals surface area contributed by atoms with E-state index in [1.165, 1.54) is 9.13 Å². The van der Waals surface area contributed by atoms with Gasteiger partial charge in [-0.1, -0.05) is 57.2 Å². The molecule has 1 atom stereocenters. The molecule has 0 fully saturated rings. The lowest BCUT2D eigenvalue weighted by Crippen LogP contribution is -2.42. The van der Waals surface area contributed by atoms with Crippen molar-refractivity contribution in [2.45, 2.75) is 57.8 Å². The van der Waals surface area contributed by atoms with Crippen LogP contribution in [0, 0.1) is 3.57 Å². The Kier molecular flexibility index (Phi) is 7.17. The standard InChI is InChI=1S/C23H30BIO3Si/c1-23(2,3)29(4,5)28-20(18-12-6-7-13-19(18)25)14-10-11-17-24-26-21-15-8-9-16-22(21)27-24/h6-9,11-13,15-17,20H,10,14H2,1-5H3/b17-11+. The third-order valence-corrected chi connectivity index (χ3v) is 11.2. The Labute approximate surface area is 190 Å². The van der Waals surface area contributed by atoms with Gasteiger partial charge in [0.25, 0.3) is 0 Å². The van der Waals surface area contributed by atoms with Crippen LogP contribution < -0.4 is 9.31 Å². The zero-order chi connectivity index (χ0) is 21.1. The van der Waals surface area contributed by atoms with Gasteiger partial charge in [0.05, 0.1) is 6.10 Å². The third-order valence-electron chi connectivity index (χ3n) is 5.72. The zero-order valence-electron chi connectivity index (χ0n) is 17.9. The van der Waals surface area contributed by atoms with Crippen LogP contribution in [-0.4, -0.2) is 15.4 Å². The van der Waals surface area contributed by atoms with Crippen LogP contribution in [0.15, 0.2) is 60.6 Å². The number of allylic oxidation sites excluding steroid dienone is 1. The Morgan fingerprint density at radius 1 is 1.03 bits per heavy atom. The highest BCUT2D eigenvalue weighted by atomic mass is 127. The number of rotatable bonds is 7. The van der Waals surface area contributed by atoms with Gasteiger partial charge in [-0.25, -0.2) is 0 Å². The predicted octanol–water partition coefficient (Wildman–Crippen LogP) is 7.19. The van der Waals surface area contributed by atoms with Crippen molar-refractivity contribution < 1.29 is 13.7 Å². The Bertz CT molecular complexity index is 838. The summed E-state index contributed by atoms with van der Waals surface area (Å²) in [5.74, 6) is 3.61. The minimum Gasteiger partial charge on any atom is -0.520 e. The smallest absolute Gasteiger partial charge is 0.520 e. The van der Waals surface area contributed by atoms with Gasteiger partial charge in [-0.2, -0.15) is 0 Å². The Hall–Kier alpha value is -1.25. The highest BCUT2D eigenvalue weighted by molar-refractivity contribution is 14.1. The van der Waals surface area contributed by atoms with E-state index in [1.54, 1.807) is 0 Å². The van der Waals surface area contributed by atoms with Crippen molar-refractivity contribution in [2.24, 2.45) is 0 Å². The Morgan fingerprint density at radius 2 is 1.62 bits per heavy atom. The highest BCUT2D eigenvalue weighted by Gasteiger charge is 2.39. The minimum absolute atomic E-state index is 0.0938. The molecule has 0 N–H and O–H groups in total. The van der Waals surface area contributed by atoms with Crippen LogP contribution in [0.1, 0.15) is 45.3 Å². The quantitative estimate of drug-likeness (QED) is 0.286. The SMILES string of the molecule is CC(C)(C)[Si](C)(C)OC(CC/C=C/B1Oc2ccccc2O1)c1ccccc1I. The summed E-state index contributed by atoms with van der Waals surface area (Å²) in [4.78, 5) is 0. The number of hydrogen-bond donors (Lipinski definition) is 0. The van der Waals surface area contributed by atoms with Gasteiger partial charge in [0.2, 0.25) is 0 Å². The Balaban J connectivity index is 1.65. The third kappa shape index (κ3) is 5.67. The van der Waals surface area contributed by atoms with Crippen molar-refractivity contribution in [3.8, 4) is 11.5 Å². The van der Waals surface area contributed by atoms with Gasteiger partial charge in [0.15, 0.2) is 8.32 Å². The molecule has 1 aliphatic heterocycles. The predicted molar refractivity (Wildman–Crippen MR) is 132 cm³/mol. The highest BCUT2D eigenvalue weighted by Crippen LogP contribution is 2.41. The molecule has 0 bridgehead atoms. The largest absolute Gasteiger partial charge is 0.624 e. The van der Waals surface area contributed by atoms with Crippen LogP contribution >= 0.6 is 22.6 Å². The van der Waals surface area contributed by atoms with Crippen LogP contribution in [0.4, 0.5) is 0 Å². The first-order chi connectivity index (χ1) is 13.7. The van der Waals surface area contributed by atoms with Gasteiger partial charge < -0.3 is 13.7 Å². The summed E-state index contributed by atoms with van der Waals surface area (Å²) >= 11 is 2.42. The summed E-state index contributed by atoms with van der Waals surface area (Å²) in [5.41, 5.74) is 1.28. The fourth-order valence-corrected chi connectivity index (χ4v) is 5.04. The van der Waals surface area contributed by atoms with Gasteiger partial charge in [0.1, 0.15) is 11.5 Å². The molecule has 3 rings (SSSR count). The minimum atomic E-state index is -1.88. The topological polar surface area (TPSA) is 27.7 Å². The molecule has 0 aromatic heterocycles. The number of fused-ring (bicyclic) bond motifs is 1. The Morgan fingerprint density at radius 3 is 2.21 bits per heavy atom. The average Bonchev–Trinajstić information content (AvgIpc) is 3.06. The first-order valence-corrected chi connectivity index (χ1v) is 14.2. The maximum absolute atomic E-state index is 6.83. The van der Waals surface area contributed by atoms with Crippen LogP contribution in [0.3, 0.4) is 0 Å². The maximum Gasteiger partial charge on any atom is 0.624 e. The van der Waals surface area contributed by atoms with Crippen LogP contribution in [0.5, 0.6) is 11.5 Å². The molecular formula is C23H30BIO3Si. The van der Waals surface area contributed by atoms with Crippen molar-refractivity contribution in [2.75, 3.05) is 0 Å². The van der Waals surface area contributed by atoms with E-state index in [2.05, 4.69) is 86.8 Å². The summed E-state index contributed by atoms with van der Waals surface area (Å²) in [5, 5.41) is 0.179. The lowest BCUT2D eigenvalue weighted by molar-refractivity contribution is 0.174. The van der Waals surface area contributed by atoms with Gasteiger partial charge >= 0.3 is 7.12 Å². The summed E-state index contributed by atoms with van der Waals surface area (Å²) in [7, 11) is -2.22. The monoisotopic (exact) mass is 520 g/mol. The number of halogens is 1. The van der Waals surface area contributed by atoms with Crippen molar-refractivity contribution >= 4 is 38.0 Å². The van der Waals surface area contributed by atoms with Crippen molar-refractivity contribution in [1.29, 1.82) is 0 Å². The van der Waals surface area contributed by atoms with E-state index < -0.39 is 8.32 Å². The van der Waals surface area contributed by atoms with Crippen LogP contribution in [0.2, 0.25) is 18.1 Å². The van der Waals surface area contributed by atoms with Gasteiger partial charge in [-0.3, -0.25) is 0 Å². The average molecular weight is 520 g/mol. The molecule has 1 unspecified atom stereocenters. The first kappa shape index (κ1) is 22.4. The second-order valence-corrected chi connectivity index (χ2v) is 14.9. The first-order valence-electron chi connectivity index (χ1n) is 10.2. The number of benzene rings is 2. The molecule has 2 aromatic carbocycles. The summed E-state index contributed by atoms with van der Waals surface area (Å²) < 4.78 is 19.7. The molecule has 0 saturated heterocycles. The van der Waals surface area contributed by atoms with E-state index in [0.29, 0.717) is 0 Å². The fraction of sp³-hybridized carbons (Fsp3) is 0.391. The fourth-order valence-electron chi connectivity index (χ4n) is 3.00. The number of para-hydroxylation sites is 2. The molecule has 3 nitrogen and oxygen atoms in total. The normalized spacial score (nSPS) is 15.2. The van der Waals surface area contributed by atoms with E-state index in [9.17, 15) is 0 Å². The summed E-state index contributed by atoms with van der Waals surface area (Å²) in [6.07, 6.45) is 4.08. The van der Waals surface area contributed by atoms with Crippen LogP contribution in [-0.2, 0) is 4.43 Å². The van der Waals surface area contributed by atoms with Crippen LogP contribution in [0.25, 0.3) is 0 Å². The lowest BCUT2D eigenvalue weighted by Gasteiger charge is -2.39. The van der Waals surface area contributed by atoms with E-state index in [4.69, 9.17) is 13.7 Å². The molecule has 154 valence electrons. The molecule has 0 amide bonds. The summed E-state index contributed by atoms with van der Waals surface area (Å²) in [6, 6.07) is 16.3. The van der Waals surface area contributed by atoms with Crippen molar-refractivity contribution in [3.05, 3.63) is 69.7 Å². The molecule has 1 heterocycles. The van der Waals surface area contributed by atoms with Gasteiger partial charge in [0, 0.05) is 3.57 Å². The van der Waals surface area contributed by atoms with Gasteiger partial charge in [-0.05, 0) is 83.3 Å². The van der Waals surface area contributed by atoms with Crippen molar-refractivity contribution in [1.82, 2.24) is 0 Å². The second kappa shape index (κ2) is 9.27. The molecule has 6 heteroatoms. The van der Waals surface area contributed by atoms with Gasteiger partial charge in [-0.15, -0.1) is 0 Å². The van der Waals surface area contributed by atoms with E-state index in [1.807, 2.05) is 30.2 Å².